The van der Waals surface area contributed by atoms with Gasteiger partial charge in [0.25, 0.3) is 0 Å². The third-order valence-electron chi connectivity index (χ3n) is 10.2. The van der Waals surface area contributed by atoms with Gasteiger partial charge >= 0.3 is 0 Å². The van der Waals surface area contributed by atoms with Gasteiger partial charge in [-0.3, -0.25) is 0 Å². The number of nitrogens with one attached hydrogen (secondary N) is 2. The predicted octanol–water partition coefficient (Wildman–Crippen LogP) is 12.9. The van der Waals surface area contributed by atoms with Gasteiger partial charge in [0, 0.05) is 55.4 Å². The molecule has 0 radical (unpaired) electrons. The van der Waals surface area contributed by atoms with Crippen LogP contribution in [-0.4, -0.2) is 19.9 Å². The van der Waals surface area contributed by atoms with Gasteiger partial charge in [-0.1, -0.05) is 121 Å². The molecule has 0 unspecified atom stereocenters. The zero-order chi connectivity index (χ0) is 37.0. The second-order valence-electron chi connectivity index (χ2n) is 13.5. The number of hydrogen-bond acceptors (Lipinski definition) is 2. The van der Waals surface area contributed by atoms with Gasteiger partial charge in [0.1, 0.15) is 0 Å². The Bertz CT molecular complexity index is 2990. The average molecular weight is 719 g/mol. The molecule has 8 bridgehead atoms. The van der Waals surface area contributed by atoms with Crippen LogP contribution in [0.2, 0.25) is 0 Å². The van der Waals surface area contributed by atoms with E-state index in [9.17, 15) is 0 Å². The van der Waals surface area contributed by atoms with Crippen molar-refractivity contribution in [1.82, 2.24) is 19.9 Å². The molecule has 0 aliphatic carbocycles. The summed E-state index contributed by atoms with van der Waals surface area (Å²) >= 11 is 0. The SMILES string of the molecule is Fc1cc2c(c(F)c1F)-c1nc-2c(-c2ccccc2)c2ccc([nH]2)c(-c2ccccc2)c2nc(c(-c3ccccc3)c3ccc([nH]3)c1-c1ccccc1)C=C2. The van der Waals surface area contributed by atoms with E-state index >= 15 is 13.2 Å². The van der Waals surface area contributed by atoms with Gasteiger partial charge in [-0.15, -0.1) is 0 Å². The van der Waals surface area contributed by atoms with E-state index in [-0.39, 0.29) is 16.8 Å². The Balaban J connectivity index is 1.48. The molecular formula is C48H29F3N4. The molecule has 55 heavy (non-hydrogen) atoms. The van der Waals surface area contributed by atoms with Gasteiger partial charge in [-0.25, -0.2) is 23.1 Å². The molecule has 3 aromatic heterocycles. The summed E-state index contributed by atoms with van der Waals surface area (Å²) in [5.41, 5.74) is 11.1. The molecule has 0 spiro atoms. The van der Waals surface area contributed by atoms with E-state index in [0.717, 1.165) is 56.3 Å². The molecule has 262 valence electrons. The van der Waals surface area contributed by atoms with Gasteiger partial charge < -0.3 is 9.97 Å². The van der Waals surface area contributed by atoms with E-state index in [1.807, 2.05) is 158 Å². The van der Waals surface area contributed by atoms with Crippen molar-refractivity contribution >= 4 is 34.2 Å². The molecular weight excluding hydrogens is 690 g/mol. The highest BCUT2D eigenvalue weighted by molar-refractivity contribution is 6.05. The lowest BCUT2D eigenvalue weighted by Crippen LogP contribution is -1.96. The summed E-state index contributed by atoms with van der Waals surface area (Å²) in [5, 5.41) is 0. The number of H-pyrrole nitrogens is 2. The molecule has 0 amide bonds. The normalized spacial score (nSPS) is 11.8. The number of nitrogens with zero attached hydrogens (tertiary/aromatic N) is 2. The summed E-state index contributed by atoms with van der Waals surface area (Å²) in [4.78, 5) is 17.8. The summed E-state index contributed by atoms with van der Waals surface area (Å²) in [6.07, 6.45) is 4.06. The van der Waals surface area contributed by atoms with E-state index in [2.05, 4.69) is 9.97 Å². The number of benzene rings is 5. The molecule has 8 aromatic rings. The summed E-state index contributed by atoms with van der Waals surface area (Å²) in [7, 11) is 0. The fraction of sp³-hybridized carbons (Fsp3) is 0. The van der Waals surface area contributed by atoms with Crippen LogP contribution in [0.1, 0.15) is 11.4 Å². The van der Waals surface area contributed by atoms with E-state index < -0.39 is 17.5 Å². The molecule has 0 saturated heterocycles. The molecule has 7 heteroatoms. The van der Waals surface area contributed by atoms with Gasteiger partial charge in [0.2, 0.25) is 0 Å². The van der Waals surface area contributed by atoms with Crippen LogP contribution < -0.4 is 0 Å². The Labute approximate surface area is 314 Å². The van der Waals surface area contributed by atoms with Crippen LogP contribution in [0.25, 0.3) is 101 Å². The summed E-state index contributed by atoms with van der Waals surface area (Å²) in [5.74, 6) is -4.15. The lowest BCUT2D eigenvalue weighted by Gasteiger charge is -2.09. The Morgan fingerprint density at radius 1 is 0.364 bits per heavy atom. The molecule has 0 atom stereocenters. The second-order valence-corrected chi connectivity index (χ2v) is 13.5. The van der Waals surface area contributed by atoms with Crippen LogP contribution >= 0.6 is 0 Å². The number of halogens is 3. The Hall–Kier alpha value is -7.25. The quantitative estimate of drug-likeness (QED) is 0.178. The Kier molecular flexibility index (Phi) is 7.66. The summed E-state index contributed by atoms with van der Waals surface area (Å²) < 4.78 is 47.3. The smallest absolute Gasteiger partial charge is 0.195 e. The topological polar surface area (TPSA) is 57.4 Å². The molecule has 2 aliphatic heterocycles. The lowest BCUT2D eigenvalue weighted by molar-refractivity contribution is 0.449. The van der Waals surface area contributed by atoms with Crippen LogP contribution in [0.3, 0.4) is 0 Å². The highest BCUT2D eigenvalue weighted by atomic mass is 19.2. The Morgan fingerprint density at radius 2 is 0.745 bits per heavy atom. The number of hydrogen-bond donors (Lipinski definition) is 2. The minimum atomic E-state index is -1.55. The maximum Gasteiger partial charge on any atom is 0.195 e. The third-order valence-corrected chi connectivity index (χ3v) is 10.2. The number of aromatic nitrogens is 4. The van der Waals surface area contributed by atoms with Gasteiger partial charge in [-0.05, 0) is 64.7 Å². The molecule has 0 fully saturated rings. The largest absolute Gasteiger partial charge is 0.354 e. The number of aromatic amines is 2. The van der Waals surface area contributed by atoms with Crippen molar-refractivity contribution in [2.75, 3.05) is 0 Å². The van der Waals surface area contributed by atoms with Gasteiger partial charge in [0.15, 0.2) is 17.5 Å². The van der Waals surface area contributed by atoms with E-state index in [1.165, 1.54) is 0 Å². The molecule has 2 N–H and O–H groups in total. The van der Waals surface area contributed by atoms with Crippen molar-refractivity contribution in [2.45, 2.75) is 0 Å². The van der Waals surface area contributed by atoms with Crippen molar-refractivity contribution < 1.29 is 13.2 Å². The third kappa shape index (κ3) is 5.39. The minimum Gasteiger partial charge on any atom is -0.354 e. The molecule has 5 heterocycles. The standard InChI is InChI=1S/C48H29F3N4/c49-33-27-32-44(46(51)45(33)50)48-43(31-19-11-4-12-20-31)39-26-24-37(54-39)41(29-15-7-2-8-16-29)35-22-21-34(52-35)40(28-13-5-1-6-14-28)36-23-25-38(53-36)42(47(32)55-48)30-17-9-3-10-18-30/h1-27,53-54H. The molecule has 4 nitrogen and oxygen atoms in total. The number of rotatable bonds is 4. The van der Waals surface area contributed by atoms with Gasteiger partial charge in [-0.2, -0.15) is 0 Å². The molecule has 2 aliphatic rings. The molecule has 10 rings (SSSR count). The Morgan fingerprint density at radius 3 is 1.18 bits per heavy atom. The van der Waals surface area contributed by atoms with Gasteiger partial charge in [0.05, 0.1) is 22.8 Å². The van der Waals surface area contributed by atoms with Crippen LogP contribution in [-0.2, 0) is 0 Å². The zero-order valence-corrected chi connectivity index (χ0v) is 29.1. The van der Waals surface area contributed by atoms with E-state index in [4.69, 9.17) is 9.97 Å². The summed E-state index contributed by atoms with van der Waals surface area (Å²) in [6, 6.07) is 47.9. The fourth-order valence-electron chi connectivity index (χ4n) is 7.77. The van der Waals surface area contributed by atoms with Crippen LogP contribution in [0, 0.1) is 17.5 Å². The zero-order valence-electron chi connectivity index (χ0n) is 29.1. The maximum absolute atomic E-state index is 16.5. The second kappa shape index (κ2) is 13.0. The maximum atomic E-state index is 16.5. The van der Waals surface area contributed by atoms with Crippen molar-refractivity contribution in [2.24, 2.45) is 0 Å². The monoisotopic (exact) mass is 718 g/mol. The first-order valence-electron chi connectivity index (χ1n) is 17.9. The molecule has 5 aromatic carbocycles. The van der Waals surface area contributed by atoms with Crippen LogP contribution in [0.15, 0.2) is 152 Å². The first-order chi connectivity index (χ1) is 27.0. The average Bonchev–Trinajstić information content (AvgIpc) is 4.06. The predicted molar refractivity (Wildman–Crippen MR) is 216 cm³/mol. The van der Waals surface area contributed by atoms with Crippen molar-refractivity contribution in [1.29, 1.82) is 0 Å². The van der Waals surface area contributed by atoms with E-state index in [1.54, 1.807) is 0 Å². The number of fused-ring (bicyclic) bond motifs is 11. The fourth-order valence-corrected chi connectivity index (χ4v) is 7.77. The van der Waals surface area contributed by atoms with Crippen molar-refractivity contribution in [3.05, 3.63) is 180 Å². The van der Waals surface area contributed by atoms with Crippen LogP contribution in [0.4, 0.5) is 13.2 Å². The van der Waals surface area contributed by atoms with Crippen molar-refractivity contribution in [3.8, 4) is 67.0 Å². The first-order valence-corrected chi connectivity index (χ1v) is 17.9. The summed E-state index contributed by atoms with van der Waals surface area (Å²) in [6.45, 7) is 0. The van der Waals surface area contributed by atoms with Crippen LogP contribution in [0.5, 0.6) is 0 Å². The van der Waals surface area contributed by atoms with Crippen molar-refractivity contribution in [3.63, 3.8) is 0 Å². The molecule has 0 saturated carbocycles. The lowest BCUT2D eigenvalue weighted by atomic mass is 9.94. The highest BCUT2D eigenvalue weighted by Crippen LogP contribution is 2.48. The first kappa shape index (κ1) is 32.4. The van der Waals surface area contributed by atoms with E-state index in [0.29, 0.717) is 33.4 Å². The highest BCUT2D eigenvalue weighted by Gasteiger charge is 2.31. The minimum absolute atomic E-state index is 0.112.